The lowest BCUT2D eigenvalue weighted by Crippen LogP contribution is -2.04. The molecule has 1 aromatic carbocycles. The molecule has 0 aliphatic rings. The van der Waals surface area contributed by atoms with Gasteiger partial charge in [-0.2, -0.15) is 5.10 Å². The van der Waals surface area contributed by atoms with Crippen LogP contribution in [-0.4, -0.2) is 14.7 Å². The first-order valence-electron chi connectivity index (χ1n) is 6.20. The van der Waals surface area contributed by atoms with E-state index in [0.717, 1.165) is 23.7 Å². The zero-order chi connectivity index (χ0) is 14.7. The summed E-state index contributed by atoms with van der Waals surface area (Å²) in [4.78, 5) is 10.3. The van der Waals surface area contributed by atoms with Gasteiger partial charge in [-0.3, -0.25) is 14.8 Å². The quantitative estimate of drug-likeness (QED) is 0.674. The van der Waals surface area contributed by atoms with Crippen LogP contribution < -0.4 is 5.32 Å². The molecular formula is C13H15FN4O2. The largest absolute Gasteiger partial charge is 0.375 e. The van der Waals surface area contributed by atoms with E-state index in [-0.39, 0.29) is 5.69 Å². The molecule has 0 radical (unpaired) electrons. The third kappa shape index (κ3) is 2.93. The molecule has 2 aromatic rings. The monoisotopic (exact) mass is 278 g/mol. The lowest BCUT2D eigenvalue weighted by Gasteiger charge is -2.06. The highest BCUT2D eigenvalue weighted by Gasteiger charge is 2.15. The Morgan fingerprint density at radius 2 is 2.25 bits per heavy atom. The molecule has 0 saturated carbocycles. The Morgan fingerprint density at radius 1 is 1.50 bits per heavy atom. The maximum Gasteiger partial charge on any atom is 0.295 e. The molecule has 0 aliphatic carbocycles. The zero-order valence-corrected chi connectivity index (χ0v) is 11.3. The number of hydrogen-bond donors (Lipinski definition) is 1. The third-order valence-electron chi connectivity index (χ3n) is 2.95. The summed E-state index contributed by atoms with van der Waals surface area (Å²) < 4.78 is 14.8. The van der Waals surface area contributed by atoms with Crippen molar-refractivity contribution < 1.29 is 9.31 Å². The van der Waals surface area contributed by atoms with E-state index >= 15 is 0 Å². The summed E-state index contributed by atoms with van der Waals surface area (Å²) in [6.45, 7) is 2.40. The van der Waals surface area contributed by atoms with Crippen LogP contribution in [0.15, 0.2) is 24.4 Å². The highest BCUT2D eigenvalue weighted by atomic mass is 19.1. The minimum absolute atomic E-state index is 0.271. The van der Waals surface area contributed by atoms with Crippen LogP contribution in [-0.2, 0) is 20.0 Å². The fourth-order valence-corrected chi connectivity index (χ4v) is 2.02. The van der Waals surface area contributed by atoms with Crippen molar-refractivity contribution in [2.75, 3.05) is 5.32 Å². The average Bonchev–Trinajstić information content (AvgIpc) is 2.77. The highest BCUT2D eigenvalue weighted by Crippen LogP contribution is 2.25. The predicted molar refractivity (Wildman–Crippen MR) is 73.0 cm³/mol. The van der Waals surface area contributed by atoms with Gasteiger partial charge >= 0.3 is 0 Å². The number of rotatable bonds is 5. The summed E-state index contributed by atoms with van der Waals surface area (Å²) in [5.74, 6) is -0.627. The third-order valence-corrected chi connectivity index (χ3v) is 2.95. The minimum atomic E-state index is -0.627. The maximum absolute atomic E-state index is 13.0. The molecule has 0 fully saturated rings. The van der Waals surface area contributed by atoms with Crippen molar-refractivity contribution in [3.63, 3.8) is 0 Å². The second kappa shape index (κ2) is 5.68. The number of nitrogens with zero attached hydrogens (tertiary/aromatic N) is 3. The Hall–Kier alpha value is -2.44. The first-order chi connectivity index (χ1) is 9.51. The number of anilines is 1. The van der Waals surface area contributed by atoms with Gasteiger partial charge < -0.3 is 5.32 Å². The normalized spacial score (nSPS) is 10.6. The molecule has 0 atom stereocenters. The van der Waals surface area contributed by atoms with Crippen LogP contribution in [0.2, 0.25) is 0 Å². The van der Waals surface area contributed by atoms with Crippen molar-refractivity contribution in [1.29, 1.82) is 0 Å². The average molecular weight is 278 g/mol. The van der Waals surface area contributed by atoms with Gasteiger partial charge in [0.05, 0.1) is 16.7 Å². The number of halogens is 1. The lowest BCUT2D eigenvalue weighted by atomic mass is 10.2. The summed E-state index contributed by atoms with van der Waals surface area (Å²) in [5.41, 5.74) is 1.92. The van der Waals surface area contributed by atoms with Crippen molar-refractivity contribution in [3.05, 3.63) is 51.6 Å². The van der Waals surface area contributed by atoms with Crippen LogP contribution >= 0.6 is 0 Å². The Balaban J connectivity index is 2.20. The van der Waals surface area contributed by atoms with E-state index in [1.165, 1.54) is 12.1 Å². The number of nitro groups is 1. The molecule has 1 aromatic heterocycles. The molecule has 0 unspecified atom stereocenters. The second-order valence-corrected chi connectivity index (χ2v) is 4.40. The fourth-order valence-electron chi connectivity index (χ4n) is 2.02. The van der Waals surface area contributed by atoms with Crippen molar-refractivity contribution in [2.24, 2.45) is 7.05 Å². The van der Waals surface area contributed by atoms with Gasteiger partial charge in [0.1, 0.15) is 11.5 Å². The van der Waals surface area contributed by atoms with E-state index < -0.39 is 10.7 Å². The van der Waals surface area contributed by atoms with E-state index in [0.29, 0.717) is 12.2 Å². The number of nitro benzene ring substituents is 1. The van der Waals surface area contributed by atoms with Crippen LogP contribution in [0.3, 0.4) is 0 Å². The van der Waals surface area contributed by atoms with Crippen molar-refractivity contribution in [3.8, 4) is 0 Å². The molecule has 0 aliphatic heterocycles. The number of benzene rings is 1. The molecule has 1 heterocycles. The molecule has 106 valence electrons. The summed E-state index contributed by atoms with van der Waals surface area (Å²) in [6, 6.07) is 3.47. The molecule has 20 heavy (non-hydrogen) atoms. The maximum atomic E-state index is 13.0. The molecule has 7 heteroatoms. The van der Waals surface area contributed by atoms with Gasteiger partial charge in [0.25, 0.3) is 5.69 Å². The smallest absolute Gasteiger partial charge is 0.295 e. The topological polar surface area (TPSA) is 73.0 Å². The number of aryl methyl sites for hydroxylation is 2. The summed E-state index contributed by atoms with van der Waals surface area (Å²) in [6.07, 6.45) is 2.64. The summed E-state index contributed by atoms with van der Waals surface area (Å²) in [7, 11) is 1.82. The number of hydrogen-bond acceptors (Lipinski definition) is 4. The van der Waals surface area contributed by atoms with Gasteiger partial charge in [-0.1, -0.05) is 6.92 Å². The Labute approximate surface area is 115 Å². The Morgan fingerprint density at radius 3 is 2.90 bits per heavy atom. The van der Waals surface area contributed by atoms with E-state index in [4.69, 9.17) is 0 Å². The van der Waals surface area contributed by atoms with Gasteiger partial charge in [-0.25, -0.2) is 4.39 Å². The van der Waals surface area contributed by atoms with E-state index in [2.05, 4.69) is 10.4 Å². The molecule has 0 saturated heterocycles. The van der Waals surface area contributed by atoms with Gasteiger partial charge in [-0.15, -0.1) is 0 Å². The van der Waals surface area contributed by atoms with Crippen LogP contribution in [0.5, 0.6) is 0 Å². The van der Waals surface area contributed by atoms with Crippen molar-refractivity contribution in [2.45, 2.75) is 19.9 Å². The molecule has 0 bridgehead atoms. The summed E-state index contributed by atoms with van der Waals surface area (Å²) >= 11 is 0. The zero-order valence-electron chi connectivity index (χ0n) is 11.3. The lowest BCUT2D eigenvalue weighted by molar-refractivity contribution is -0.384. The van der Waals surface area contributed by atoms with Crippen molar-refractivity contribution in [1.82, 2.24) is 9.78 Å². The molecule has 1 N–H and O–H groups in total. The van der Waals surface area contributed by atoms with Crippen LogP contribution in [0.1, 0.15) is 18.2 Å². The summed E-state index contributed by atoms with van der Waals surface area (Å²) in [5, 5.41) is 18.2. The molecule has 6 nitrogen and oxygen atoms in total. The van der Waals surface area contributed by atoms with Gasteiger partial charge in [0.2, 0.25) is 0 Å². The van der Waals surface area contributed by atoms with E-state index in [9.17, 15) is 14.5 Å². The molecule has 0 spiro atoms. The number of nitrogens with one attached hydrogen (secondary N) is 1. The molecule has 2 rings (SSSR count). The number of aromatic nitrogens is 2. The standard InChI is InChI=1S/C13H15FN4O2/c1-3-11-9(8-17(2)16-11)7-15-12-5-4-10(14)6-13(12)18(19)20/h4-6,8,15H,3,7H2,1-2H3. The van der Waals surface area contributed by atoms with Gasteiger partial charge in [-0.05, 0) is 18.6 Å². The van der Waals surface area contributed by atoms with Gasteiger partial charge in [0, 0.05) is 25.4 Å². The predicted octanol–water partition coefficient (Wildman–Crippen LogP) is 2.64. The first kappa shape index (κ1) is 14.0. The van der Waals surface area contributed by atoms with Crippen molar-refractivity contribution >= 4 is 11.4 Å². The van der Waals surface area contributed by atoms with E-state index in [1.54, 1.807) is 4.68 Å². The van der Waals surface area contributed by atoms with Gasteiger partial charge in [0.15, 0.2) is 0 Å². The molecule has 0 amide bonds. The van der Waals surface area contributed by atoms with Crippen LogP contribution in [0.25, 0.3) is 0 Å². The van der Waals surface area contributed by atoms with Crippen LogP contribution in [0.4, 0.5) is 15.8 Å². The highest BCUT2D eigenvalue weighted by molar-refractivity contribution is 5.61. The Bertz CT molecular complexity index is 639. The Kier molecular flexibility index (Phi) is 3.97. The first-order valence-corrected chi connectivity index (χ1v) is 6.20. The minimum Gasteiger partial charge on any atom is -0.375 e. The van der Waals surface area contributed by atoms with E-state index in [1.807, 2.05) is 20.2 Å². The second-order valence-electron chi connectivity index (χ2n) is 4.40. The van der Waals surface area contributed by atoms with Crippen LogP contribution in [0, 0.1) is 15.9 Å². The fraction of sp³-hybridized carbons (Fsp3) is 0.308. The molecular weight excluding hydrogens is 263 g/mol. The SMILES string of the molecule is CCc1nn(C)cc1CNc1ccc(F)cc1[N+](=O)[O-].